The smallest absolute Gasteiger partial charge is 0.325 e. The average Bonchev–Trinajstić information content (AvgIpc) is 2.04. The van der Waals surface area contributed by atoms with E-state index >= 15 is 0 Å². The molecule has 0 unspecified atom stereocenters. The summed E-state index contributed by atoms with van der Waals surface area (Å²) in [7, 11) is 0. The summed E-state index contributed by atoms with van der Waals surface area (Å²) in [6.07, 6.45) is -0.603. The summed E-state index contributed by atoms with van der Waals surface area (Å²) in [6, 6.07) is -0.978. The first-order valence-electron chi connectivity index (χ1n) is 3.93. The zero-order valence-corrected chi connectivity index (χ0v) is 8.42. The lowest BCUT2D eigenvalue weighted by Gasteiger charge is -2.15. The molecule has 0 spiro atoms. The lowest BCUT2D eigenvalue weighted by molar-refractivity contribution is -0.147. The van der Waals surface area contributed by atoms with E-state index in [0.29, 0.717) is 13.0 Å². The largest absolute Gasteiger partial charge is 0.465 e. The van der Waals surface area contributed by atoms with Crippen LogP contribution >= 0.6 is 12.4 Å². The first-order chi connectivity index (χ1) is 5.63. The van der Waals surface area contributed by atoms with Gasteiger partial charge in [0.05, 0.1) is 12.7 Å². The van der Waals surface area contributed by atoms with E-state index in [1.807, 2.05) is 0 Å². The maximum atomic E-state index is 10.9. The van der Waals surface area contributed by atoms with Gasteiger partial charge in [-0.05, 0) is 19.9 Å². The molecule has 5 N–H and O–H groups in total. The van der Waals surface area contributed by atoms with Crippen LogP contribution in [0.1, 0.15) is 13.3 Å². The number of hydrogen-bond acceptors (Lipinski definition) is 5. The van der Waals surface area contributed by atoms with Crippen LogP contribution < -0.4 is 11.5 Å². The molecule has 13 heavy (non-hydrogen) atoms. The fraction of sp³-hybridized carbons (Fsp3) is 0.857. The van der Waals surface area contributed by atoms with E-state index in [2.05, 4.69) is 4.74 Å². The lowest BCUT2D eigenvalue weighted by atomic mass is 10.1. The molecule has 0 aromatic rings. The van der Waals surface area contributed by atoms with Gasteiger partial charge in [0, 0.05) is 0 Å². The van der Waals surface area contributed by atoms with Gasteiger partial charge in [-0.25, -0.2) is 0 Å². The number of ether oxygens (including phenoxy) is 1. The Morgan fingerprint density at radius 2 is 2.15 bits per heavy atom. The zero-order valence-electron chi connectivity index (χ0n) is 7.60. The predicted octanol–water partition coefficient (Wildman–Crippen LogP) is -0.992. The van der Waals surface area contributed by atoms with Gasteiger partial charge >= 0.3 is 5.97 Å². The third kappa shape index (κ3) is 5.81. The van der Waals surface area contributed by atoms with Gasteiger partial charge in [0.1, 0.15) is 6.04 Å². The first-order valence-corrected chi connectivity index (χ1v) is 3.93. The normalized spacial score (nSPS) is 14.2. The average molecular weight is 213 g/mol. The van der Waals surface area contributed by atoms with E-state index in [-0.39, 0.29) is 19.0 Å². The van der Waals surface area contributed by atoms with Gasteiger partial charge in [0.15, 0.2) is 0 Å². The Kier molecular flexibility index (Phi) is 9.60. The molecule has 0 saturated heterocycles. The van der Waals surface area contributed by atoms with Crippen LogP contribution in [-0.4, -0.2) is 36.4 Å². The highest BCUT2D eigenvalue weighted by Crippen LogP contribution is 1.97. The quantitative estimate of drug-likeness (QED) is 0.509. The number of halogens is 1. The van der Waals surface area contributed by atoms with Crippen molar-refractivity contribution in [3.63, 3.8) is 0 Å². The molecule has 0 amide bonds. The van der Waals surface area contributed by atoms with Crippen LogP contribution in [0.4, 0.5) is 0 Å². The summed E-state index contributed by atoms with van der Waals surface area (Å²) in [6.45, 7) is 2.25. The van der Waals surface area contributed by atoms with Crippen molar-refractivity contribution in [2.75, 3.05) is 13.2 Å². The molecule has 0 saturated carbocycles. The van der Waals surface area contributed by atoms with Crippen molar-refractivity contribution in [1.82, 2.24) is 0 Å². The van der Waals surface area contributed by atoms with Crippen LogP contribution in [0, 0.1) is 0 Å². The second-order valence-corrected chi connectivity index (χ2v) is 2.42. The van der Waals surface area contributed by atoms with Crippen molar-refractivity contribution >= 4 is 18.4 Å². The SMILES string of the molecule is CCOC(=O)[C@H](N)[C@H](O)CCN.Cl. The number of aliphatic hydroxyl groups is 1. The van der Waals surface area contributed by atoms with Gasteiger partial charge in [-0.1, -0.05) is 0 Å². The van der Waals surface area contributed by atoms with E-state index in [1.165, 1.54) is 0 Å². The van der Waals surface area contributed by atoms with Crippen molar-refractivity contribution in [2.24, 2.45) is 11.5 Å². The molecule has 0 heterocycles. The summed E-state index contributed by atoms with van der Waals surface area (Å²) in [5, 5.41) is 9.21. The van der Waals surface area contributed by atoms with Crippen LogP contribution in [0.5, 0.6) is 0 Å². The summed E-state index contributed by atoms with van der Waals surface area (Å²) < 4.78 is 4.61. The summed E-state index contributed by atoms with van der Waals surface area (Å²) >= 11 is 0. The Balaban J connectivity index is 0. The minimum Gasteiger partial charge on any atom is -0.465 e. The fourth-order valence-corrected chi connectivity index (χ4v) is 0.746. The Bertz CT molecular complexity index is 146. The van der Waals surface area contributed by atoms with Gasteiger partial charge in [-0.3, -0.25) is 4.79 Å². The van der Waals surface area contributed by atoms with Crippen LogP contribution in [0.15, 0.2) is 0 Å². The third-order valence-electron chi connectivity index (χ3n) is 1.44. The monoisotopic (exact) mass is 212 g/mol. The highest BCUT2D eigenvalue weighted by Gasteiger charge is 2.22. The molecule has 80 valence electrons. The van der Waals surface area contributed by atoms with E-state index < -0.39 is 18.1 Å². The van der Waals surface area contributed by atoms with Crippen LogP contribution in [0.3, 0.4) is 0 Å². The van der Waals surface area contributed by atoms with E-state index in [0.717, 1.165) is 0 Å². The molecule has 0 aliphatic heterocycles. The Morgan fingerprint density at radius 1 is 1.62 bits per heavy atom. The molecular formula is C7H17ClN2O3. The number of carbonyl (C=O) groups is 1. The molecular weight excluding hydrogens is 196 g/mol. The molecule has 6 heteroatoms. The minimum absolute atomic E-state index is 0. The molecule has 0 aliphatic rings. The number of aliphatic hydroxyl groups excluding tert-OH is 1. The minimum atomic E-state index is -0.978. The summed E-state index contributed by atoms with van der Waals surface area (Å²) in [5.74, 6) is -0.585. The highest BCUT2D eigenvalue weighted by molar-refractivity contribution is 5.85. The second kappa shape index (κ2) is 8.25. The maximum Gasteiger partial charge on any atom is 0.325 e. The van der Waals surface area contributed by atoms with Crippen LogP contribution in [-0.2, 0) is 9.53 Å². The first kappa shape index (κ1) is 15.1. The number of esters is 1. The zero-order chi connectivity index (χ0) is 9.56. The molecule has 0 bridgehead atoms. The van der Waals surface area contributed by atoms with Gasteiger partial charge in [-0.2, -0.15) is 0 Å². The number of nitrogens with two attached hydrogens (primary N) is 2. The van der Waals surface area contributed by atoms with Gasteiger partial charge in [0.2, 0.25) is 0 Å². The topological polar surface area (TPSA) is 98.6 Å². The maximum absolute atomic E-state index is 10.9. The van der Waals surface area contributed by atoms with Crippen molar-refractivity contribution < 1.29 is 14.6 Å². The Hall–Kier alpha value is -0.360. The lowest BCUT2D eigenvalue weighted by Crippen LogP contribution is -2.43. The molecule has 0 fully saturated rings. The number of hydrogen-bond donors (Lipinski definition) is 3. The molecule has 0 aromatic heterocycles. The standard InChI is InChI=1S/C7H16N2O3.ClH/c1-2-12-7(11)6(9)5(10)3-4-8;/h5-6,10H,2-4,8-9H2,1H3;1H/t5-,6-;/m1./s1. The van der Waals surface area contributed by atoms with Gasteiger partial charge in [-0.15, -0.1) is 12.4 Å². The van der Waals surface area contributed by atoms with Gasteiger partial charge in [0.25, 0.3) is 0 Å². The van der Waals surface area contributed by atoms with Crippen molar-refractivity contribution in [3.05, 3.63) is 0 Å². The van der Waals surface area contributed by atoms with Gasteiger partial charge < -0.3 is 21.3 Å². The van der Waals surface area contributed by atoms with Crippen molar-refractivity contribution in [2.45, 2.75) is 25.5 Å². The van der Waals surface area contributed by atoms with Crippen molar-refractivity contribution in [3.8, 4) is 0 Å². The molecule has 2 atom stereocenters. The molecule has 0 aliphatic carbocycles. The Morgan fingerprint density at radius 3 is 2.54 bits per heavy atom. The number of carbonyl (C=O) groups excluding carboxylic acids is 1. The number of rotatable bonds is 5. The van der Waals surface area contributed by atoms with E-state index in [4.69, 9.17) is 11.5 Å². The second-order valence-electron chi connectivity index (χ2n) is 2.42. The third-order valence-corrected chi connectivity index (χ3v) is 1.44. The molecule has 0 rings (SSSR count). The fourth-order valence-electron chi connectivity index (χ4n) is 0.746. The highest BCUT2D eigenvalue weighted by atomic mass is 35.5. The van der Waals surface area contributed by atoms with E-state index in [9.17, 15) is 9.90 Å². The predicted molar refractivity (Wildman–Crippen MR) is 51.5 cm³/mol. The molecule has 0 radical (unpaired) electrons. The Labute approximate surface area is 83.8 Å². The van der Waals surface area contributed by atoms with Crippen molar-refractivity contribution in [1.29, 1.82) is 0 Å². The van der Waals surface area contributed by atoms with Crippen LogP contribution in [0.25, 0.3) is 0 Å². The summed E-state index contributed by atoms with van der Waals surface area (Å²) in [5.41, 5.74) is 10.5. The molecule has 0 aromatic carbocycles. The molecule has 5 nitrogen and oxygen atoms in total. The summed E-state index contributed by atoms with van der Waals surface area (Å²) in [4.78, 5) is 10.9. The van der Waals surface area contributed by atoms with Crippen LogP contribution in [0.2, 0.25) is 0 Å². The van der Waals surface area contributed by atoms with E-state index in [1.54, 1.807) is 6.92 Å².